The van der Waals surface area contributed by atoms with Gasteiger partial charge in [-0.3, -0.25) is 4.79 Å². The Bertz CT molecular complexity index is 618. The van der Waals surface area contributed by atoms with Gasteiger partial charge in [0.2, 0.25) is 0 Å². The summed E-state index contributed by atoms with van der Waals surface area (Å²) in [6.07, 6.45) is 3.39. The molecule has 0 aliphatic heterocycles. The molecule has 0 aromatic heterocycles. The van der Waals surface area contributed by atoms with Crippen LogP contribution < -0.4 is 4.74 Å². The van der Waals surface area contributed by atoms with Gasteiger partial charge >= 0.3 is 0 Å². The lowest BCUT2D eigenvalue weighted by Gasteiger charge is -2.01. The van der Waals surface area contributed by atoms with Crippen LogP contribution in [0.25, 0.3) is 6.08 Å². The van der Waals surface area contributed by atoms with Crippen molar-refractivity contribution in [1.29, 1.82) is 0 Å². The van der Waals surface area contributed by atoms with Crippen molar-refractivity contribution in [3.8, 4) is 5.75 Å². The molecule has 19 heavy (non-hydrogen) atoms. The molecule has 96 valence electrons. The van der Waals surface area contributed by atoms with Gasteiger partial charge in [0.15, 0.2) is 5.78 Å². The number of benzene rings is 2. The molecule has 0 unspecified atom stereocenters. The molecule has 2 rings (SSSR count). The third-order valence-corrected chi connectivity index (χ3v) is 3.60. The molecule has 0 saturated carbocycles. The molecule has 2 aromatic carbocycles. The largest absolute Gasteiger partial charge is 0.497 e. The first-order valence-electron chi connectivity index (χ1n) is 5.81. The first-order chi connectivity index (χ1) is 9.20. The molecule has 0 aliphatic carbocycles. The first kappa shape index (κ1) is 13.8. The number of halogens is 1. The Morgan fingerprint density at radius 1 is 1.16 bits per heavy atom. The van der Waals surface area contributed by atoms with Crippen LogP contribution >= 0.6 is 22.6 Å². The molecule has 0 aliphatic rings. The predicted octanol–water partition coefficient (Wildman–Crippen LogP) is 4.20. The Morgan fingerprint density at radius 2 is 1.95 bits per heavy atom. The molecule has 3 heteroatoms. The van der Waals surface area contributed by atoms with Crippen LogP contribution in [0.1, 0.15) is 15.9 Å². The highest BCUT2D eigenvalue weighted by molar-refractivity contribution is 14.1. The van der Waals surface area contributed by atoms with Gasteiger partial charge in [0, 0.05) is 9.13 Å². The molecular weight excluding hydrogens is 351 g/mol. The Labute approximate surface area is 126 Å². The molecule has 2 nitrogen and oxygen atoms in total. The van der Waals surface area contributed by atoms with Crippen LogP contribution in [-0.2, 0) is 0 Å². The summed E-state index contributed by atoms with van der Waals surface area (Å²) in [6, 6.07) is 15.1. The van der Waals surface area contributed by atoms with Gasteiger partial charge in [-0.1, -0.05) is 30.3 Å². The van der Waals surface area contributed by atoms with E-state index in [0.29, 0.717) is 0 Å². The number of methoxy groups -OCH3 is 1. The highest BCUT2D eigenvalue weighted by Gasteiger charge is 2.05. The van der Waals surface area contributed by atoms with Crippen molar-refractivity contribution in [2.24, 2.45) is 0 Å². The van der Waals surface area contributed by atoms with Gasteiger partial charge < -0.3 is 4.74 Å². The normalized spacial score (nSPS) is 10.6. The van der Waals surface area contributed by atoms with Crippen molar-refractivity contribution in [2.45, 2.75) is 0 Å². The topological polar surface area (TPSA) is 26.3 Å². The van der Waals surface area contributed by atoms with E-state index in [4.69, 9.17) is 4.74 Å². The summed E-state index contributed by atoms with van der Waals surface area (Å²) in [5.41, 5.74) is 1.67. The zero-order chi connectivity index (χ0) is 13.7. The van der Waals surface area contributed by atoms with Gasteiger partial charge in [0.05, 0.1) is 7.11 Å². The highest BCUT2D eigenvalue weighted by Crippen LogP contribution is 2.16. The summed E-state index contributed by atoms with van der Waals surface area (Å²) in [4.78, 5) is 12.1. The minimum absolute atomic E-state index is 0.00724. The van der Waals surface area contributed by atoms with Gasteiger partial charge in [-0.05, 0) is 58.5 Å². The van der Waals surface area contributed by atoms with Crippen molar-refractivity contribution >= 4 is 34.5 Å². The summed E-state index contributed by atoms with van der Waals surface area (Å²) in [5.74, 6) is 0.789. The molecule has 0 fully saturated rings. The Hall–Kier alpha value is -1.62. The average molecular weight is 364 g/mol. The lowest BCUT2D eigenvalue weighted by Crippen LogP contribution is -1.96. The third-order valence-electron chi connectivity index (χ3n) is 2.66. The molecule has 2 aromatic rings. The maximum atomic E-state index is 12.1. The van der Waals surface area contributed by atoms with Gasteiger partial charge in [-0.25, -0.2) is 0 Å². The summed E-state index contributed by atoms with van der Waals surface area (Å²) < 4.78 is 6.10. The van der Waals surface area contributed by atoms with E-state index in [1.54, 1.807) is 19.3 Å². The third kappa shape index (κ3) is 3.67. The summed E-state index contributed by atoms with van der Waals surface area (Å²) in [7, 11) is 1.63. The molecule has 0 spiro atoms. The molecule has 0 heterocycles. The lowest BCUT2D eigenvalue weighted by atomic mass is 10.1. The van der Waals surface area contributed by atoms with Crippen molar-refractivity contribution in [3.63, 3.8) is 0 Å². The Morgan fingerprint density at radius 3 is 2.68 bits per heavy atom. The van der Waals surface area contributed by atoms with E-state index >= 15 is 0 Å². The van der Waals surface area contributed by atoms with Crippen LogP contribution in [0.5, 0.6) is 5.75 Å². The summed E-state index contributed by atoms with van der Waals surface area (Å²) >= 11 is 2.17. The van der Waals surface area contributed by atoms with E-state index in [1.165, 1.54) is 0 Å². The van der Waals surface area contributed by atoms with E-state index in [1.807, 2.05) is 48.5 Å². The second-order valence-corrected chi connectivity index (χ2v) is 5.12. The maximum absolute atomic E-state index is 12.1. The minimum Gasteiger partial charge on any atom is -0.497 e. The summed E-state index contributed by atoms with van der Waals surface area (Å²) in [5, 5.41) is 0. The van der Waals surface area contributed by atoms with Crippen LogP contribution in [-0.4, -0.2) is 12.9 Å². The molecule has 0 saturated heterocycles. The van der Waals surface area contributed by atoms with E-state index in [2.05, 4.69) is 22.6 Å². The van der Waals surface area contributed by atoms with Gasteiger partial charge in [-0.2, -0.15) is 0 Å². The van der Waals surface area contributed by atoms with Crippen LogP contribution in [0.3, 0.4) is 0 Å². The smallest absolute Gasteiger partial charge is 0.186 e. The van der Waals surface area contributed by atoms with E-state index in [-0.39, 0.29) is 5.78 Å². The zero-order valence-corrected chi connectivity index (χ0v) is 12.6. The van der Waals surface area contributed by atoms with Crippen molar-refractivity contribution in [1.82, 2.24) is 0 Å². The Kier molecular flexibility index (Phi) is 4.74. The molecular formula is C16H13IO2. The molecule has 0 bridgehead atoms. The van der Waals surface area contributed by atoms with E-state index in [0.717, 1.165) is 20.4 Å². The zero-order valence-electron chi connectivity index (χ0n) is 10.5. The number of allylic oxidation sites excluding steroid dienone is 1. The lowest BCUT2D eigenvalue weighted by molar-refractivity contribution is 0.104. The van der Waals surface area contributed by atoms with Crippen LogP contribution in [0.2, 0.25) is 0 Å². The molecule has 0 N–H and O–H groups in total. The second-order valence-electron chi connectivity index (χ2n) is 3.95. The Balaban J connectivity index is 2.18. The average Bonchev–Trinajstić information content (AvgIpc) is 2.45. The predicted molar refractivity (Wildman–Crippen MR) is 85.5 cm³/mol. The fourth-order valence-corrected chi connectivity index (χ4v) is 2.32. The number of hydrogen-bond donors (Lipinski definition) is 0. The van der Waals surface area contributed by atoms with Crippen LogP contribution in [0.4, 0.5) is 0 Å². The molecule has 0 atom stereocenters. The second kappa shape index (κ2) is 6.52. The van der Waals surface area contributed by atoms with Gasteiger partial charge in [0.1, 0.15) is 5.75 Å². The van der Waals surface area contributed by atoms with E-state index in [9.17, 15) is 4.79 Å². The van der Waals surface area contributed by atoms with Crippen LogP contribution in [0, 0.1) is 3.57 Å². The summed E-state index contributed by atoms with van der Waals surface area (Å²) in [6.45, 7) is 0. The number of ketones is 1. The van der Waals surface area contributed by atoms with Crippen LogP contribution in [0.15, 0.2) is 54.6 Å². The van der Waals surface area contributed by atoms with E-state index < -0.39 is 0 Å². The quantitative estimate of drug-likeness (QED) is 0.462. The minimum atomic E-state index is 0.00724. The number of hydrogen-bond acceptors (Lipinski definition) is 2. The first-order valence-corrected chi connectivity index (χ1v) is 6.89. The monoisotopic (exact) mass is 364 g/mol. The maximum Gasteiger partial charge on any atom is 0.186 e. The SMILES string of the molecule is COc1cccc(/C=C/C(=O)c2ccccc2I)c1. The van der Waals surface area contributed by atoms with Gasteiger partial charge in [-0.15, -0.1) is 0 Å². The fraction of sp³-hybridized carbons (Fsp3) is 0.0625. The number of rotatable bonds is 4. The highest BCUT2D eigenvalue weighted by atomic mass is 127. The fourth-order valence-electron chi connectivity index (χ4n) is 1.67. The van der Waals surface area contributed by atoms with Crippen molar-refractivity contribution < 1.29 is 9.53 Å². The molecule has 0 radical (unpaired) electrons. The van der Waals surface area contributed by atoms with Gasteiger partial charge in [0.25, 0.3) is 0 Å². The number of carbonyl (C=O) groups excluding carboxylic acids is 1. The standard InChI is InChI=1S/C16H13IO2/c1-19-13-6-4-5-12(11-13)9-10-16(18)14-7-2-3-8-15(14)17/h2-11H,1H3/b10-9+. The van der Waals surface area contributed by atoms with Crippen molar-refractivity contribution in [2.75, 3.05) is 7.11 Å². The number of ether oxygens (including phenoxy) is 1. The van der Waals surface area contributed by atoms with Crippen molar-refractivity contribution in [3.05, 3.63) is 69.3 Å². The molecule has 0 amide bonds. The number of carbonyl (C=O) groups is 1.